The van der Waals surface area contributed by atoms with Crippen LogP contribution in [0.5, 0.6) is 0 Å². The summed E-state index contributed by atoms with van der Waals surface area (Å²) in [6.07, 6.45) is 8.65. The Morgan fingerprint density at radius 2 is 1.85 bits per heavy atom. The van der Waals surface area contributed by atoms with Crippen molar-refractivity contribution in [3.8, 4) is 0 Å². The van der Waals surface area contributed by atoms with Gasteiger partial charge in [0.05, 0.1) is 0 Å². The number of nitrogens with zero attached hydrogens (tertiary/aromatic N) is 1. The SMILES string of the molecule is CCCCN1C(=O)C2(CCCCC2)NC(=O)C1CCC. The zero-order valence-corrected chi connectivity index (χ0v) is 12.9. The van der Waals surface area contributed by atoms with Gasteiger partial charge in [-0.25, -0.2) is 0 Å². The first-order chi connectivity index (χ1) is 9.64. The molecular formula is C16H28N2O2. The Kier molecular flexibility index (Phi) is 5.06. The lowest BCUT2D eigenvalue weighted by atomic mass is 9.78. The molecule has 0 radical (unpaired) electrons. The van der Waals surface area contributed by atoms with E-state index in [1.165, 1.54) is 6.42 Å². The number of hydrogen-bond acceptors (Lipinski definition) is 2. The number of rotatable bonds is 5. The number of unbranched alkanes of at least 4 members (excludes halogenated alkanes) is 1. The van der Waals surface area contributed by atoms with Gasteiger partial charge < -0.3 is 10.2 Å². The van der Waals surface area contributed by atoms with Gasteiger partial charge in [-0.15, -0.1) is 0 Å². The van der Waals surface area contributed by atoms with Crippen LogP contribution in [0.4, 0.5) is 0 Å². The Hall–Kier alpha value is -1.06. The fourth-order valence-electron chi connectivity index (χ4n) is 3.57. The highest BCUT2D eigenvalue weighted by Gasteiger charge is 2.50. The number of carbonyl (C=O) groups is 2. The summed E-state index contributed by atoms with van der Waals surface area (Å²) in [6.45, 7) is 4.93. The van der Waals surface area contributed by atoms with E-state index in [4.69, 9.17) is 0 Å². The molecule has 1 saturated heterocycles. The van der Waals surface area contributed by atoms with Gasteiger partial charge in [0.2, 0.25) is 11.8 Å². The van der Waals surface area contributed by atoms with Gasteiger partial charge >= 0.3 is 0 Å². The first-order valence-electron chi connectivity index (χ1n) is 8.27. The molecule has 1 heterocycles. The highest BCUT2D eigenvalue weighted by Crippen LogP contribution is 2.34. The van der Waals surface area contributed by atoms with Crippen LogP contribution in [0.1, 0.15) is 71.6 Å². The number of piperazine rings is 1. The second-order valence-corrected chi connectivity index (χ2v) is 6.29. The summed E-state index contributed by atoms with van der Waals surface area (Å²) in [6, 6.07) is -0.244. The molecule has 20 heavy (non-hydrogen) atoms. The van der Waals surface area contributed by atoms with Crippen molar-refractivity contribution in [3.05, 3.63) is 0 Å². The van der Waals surface area contributed by atoms with E-state index in [-0.39, 0.29) is 17.9 Å². The summed E-state index contributed by atoms with van der Waals surface area (Å²) in [5, 5.41) is 3.09. The normalized spacial score (nSPS) is 25.9. The van der Waals surface area contributed by atoms with Crippen molar-refractivity contribution in [1.29, 1.82) is 0 Å². The van der Waals surface area contributed by atoms with Crippen LogP contribution in [0, 0.1) is 0 Å². The highest BCUT2D eigenvalue weighted by atomic mass is 16.2. The number of amides is 2. The van der Waals surface area contributed by atoms with E-state index in [0.29, 0.717) is 0 Å². The fraction of sp³-hybridized carbons (Fsp3) is 0.875. The Labute approximate surface area is 122 Å². The molecule has 1 aliphatic carbocycles. The van der Waals surface area contributed by atoms with Crippen molar-refractivity contribution in [3.63, 3.8) is 0 Å². The predicted octanol–water partition coefficient (Wildman–Crippen LogP) is 2.62. The third-order valence-corrected chi connectivity index (χ3v) is 4.73. The Morgan fingerprint density at radius 1 is 1.15 bits per heavy atom. The first kappa shape index (κ1) is 15.3. The van der Waals surface area contributed by atoms with Gasteiger partial charge in [-0.3, -0.25) is 9.59 Å². The molecule has 2 fully saturated rings. The monoisotopic (exact) mass is 280 g/mol. The minimum atomic E-state index is -0.576. The van der Waals surface area contributed by atoms with Crippen LogP contribution in [0.25, 0.3) is 0 Å². The molecule has 1 spiro atoms. The van der Waals surface area contributed by atoms with E-state index in [9.17, 15) is 9.59 Å². The topological polar surface area (TPSA) is 49.4 Å². The molecule has 1 aliphatic heterocycles. The van der Waals surface area contributed by atoms with Gasteiger partial charge in [-0.1, -0.05) is 46.0 Å². The van der Waals surface area contributed by atoms with Crippen molar-refractivity contribution in [2.24, 2.45) is 0 Å². The average molecular weight is 280 g/mol. The lowest BCUT2D eigenvalue weighted by Crippen LogP contribution is -2.70. The number of nitrogens with one attached hydrogen (secondary N) is 1. The Morgan fingerprint density at radius 3 is 2.45 bits per heavy atom. The van der Waals surface area contributed by atoms with Gasteiger partial charge in [0.1, 0.15) is 11.6 Å². The summed E-state index contributed by atoms with van der Waals surface area (Å²) in [5.74, 6) is 0.258. The lowest BCUT2D eigenvalue weighted by molar-refractivity contribution is -0.157. The molecule has 1 N–H and O–H groups in total. The van der Waals surface area contributed by atoms with E-state index in [1.54, 1.807) is 0 Å². The van der Waals surface area contributed by atoms with Crippen molar-refractivity contribution >= 4 is 11.8 Å². The van der Waals surface area contributed by atoms with E-state index in [2.05, 4.69) is 19.2 Å². The van der Waals surface area contributed by atoms with Gasteiger partial charge in [-0.2, -0.15) is 0 Å². The maximum atomic E-state index is 13.0. The van der Waals surface area contributed by atoms with Crippen LogP contribution in [0.2, 0.25) is 0 Å². The average Bonchev–Trinajstić information content (AvgIpc) is 2.45. The van der Waals surface area contributed by atoms with Crippen molar-refractivity contribution in [2.75, 3.05) is 6.54 Å². The minimum Gasteiger partial charge on any atom is -0.340 e. The molecule has 1 saturated carbocycles. The van der Waals surface area contributed by atoms with Crippen LogP contribution in [0.15, 0.2) is 0 Å². The van der Waals surface area contributed by atoms with Gasteiger partial charge in [-0.05, 0) is 25.7 Å². The molecule has 4 heteroatoms. The zero-order chi connectivity index (χ0) is 14.6. The molecule has 1 atom stereocenters. The molecule has 2 aliphatic rings. The summed E-state index contributed by atoms with van der Waals surface area (Å²) in [7, 11) is 0. The Balaban J connectivity index is 2.20. The molecular weight excluding hydrogens is 252 g/mol. The summed E-state index contributed by atoms with van der Waals surface area (Å²) < 4.78 is 0. The standard InChI is InChI=1S/C16H28N2O2/c1-3-5-12-18-13(9-4-2)14(19)17-16(15(18)20)10-7-6-8-11-16/h13H,3-12H2,1-2H3,(H,17,19). The zero-order valence-electron chi connectivity index (χ0n) is 12.9. The second-order valence-electron chi connectivity index (χ2n) is 6.29. The van der Waals surface area contributed by atoms with E-state index in [0.717, 1.165) is 57.9 Å². The summed E-state index contributed by atoms with van der Waals surface area (Å²) in [5.41, 5.74) is -0.576. The molecule has 0 aromatic rings. The molecule has 0 aromatic heterocycles. The van der Waals surface area contributed by atoms with Gasteiger partial charge in [0.25, 0.3) is 0 Å². The summed E-state index contributed by atoms with van der Waals surface area (Å²) in [4.78, 5) is 27.3. The summed E-state index contributed by atoms with van der Waals surface area (Å²) >= 11 is 0. The van der Waals surface area contributed by atoms with E-state index >= 15 is 0 Å². The van der Waals surface area contributed by atoms with Crippen LogP contribution in [-0.2, 0) is 9.59 Å². The third kappa shape index (κ3) is 2.84. The van der Waals surface area contributed by atoms with Gasteiger partial charge in [0, 0.05) is 6.54 Å². The van der Waals surface area contributed by atoms with E-state index < -0.39 is 5.54 Å². The van der Waals surface area contributed by atoms with E-state index in [1.807, 2.05) is 4.90 Å². The molecule has 0 bridgehead atoms. The lowest BCUT2D eigenvalue weighted by Gasteiger charge is -2.47. The van der Waals surface area contributed by atoms with Crippen molar-refractivity contribution in [1.82, 2.24) is 10.2 Å². The molecule has 4 nitrogen and oxygen atoms in total. The fourth-order valence-corrected chi connectivity index (χ4v) is 3.57. The molecule has 1 unspecified atom stereocenters. The smallest absolute Gasteiger partial charge is 0.249 e. The third-order valence-electron chi connectivity index (χ3n) is 4.73. The maximum Gasteiger partial charge on any atom is 0.249 e. The number of carbonyl (C=O) groups excluding carboxylic acids is 2. The molecule has 114 valence electrons. The molecule has 2 rings (SSSR count). The van der Waals surface area contributed by atoms with Crippen molar-refractivity contribution < 1.29 is 9.59 Å². The van der Waals surface area contributed by atoms with Crippen LogP contribution in [-0.4, -0.2) is 34.8 Å². The largest absolute Gasteiger partial charge is 0.340 e. The maximum absolute atomic E-state index is 13.0. The predicted molar refractivity (Wildman–Crippen MR) is 79.3 cm³/mol. The first-order valence-corrected chi connectivity index (χ1v) is 8.27. The van der Waals surface area contributed by atoms with Crippen molar-refractivity contribution in [2.45, 2.75) is 83.2 Å². The minimum absolute atomic E-state index is 0.0736. The van der Waals surface area contributed by atoms with Gasteiger partial charge in [0.15, 0.2) is 0 Å². The quantitative estimate of drug-likeness (QED) is 0.841. The molecule has 0 aromatic carbocycles. The second kappa shape index (κ2) is 6.59. The van der Waals surface area contributed by atoms with Crippen LogP contribution < -0.4 is 5.32 Å². The van der Waals surface area contributed by atoms with Crippen LogP contribution in [0.3, 0.4) is 0 Å². The Bertz CT molecular complexity index is 361. The highest BCUT2D eigenvalue weighted by molar-refractivity contribution is 5.99. The molecule has 2 amide bonds. The number of hydrogen-bond donors (Lipinski definition) is 1. The van der Waals surface area contributed by atoms with Crippen LogP contribution >= 0.6 is 0 Å².